The first-order valence-electron chi connectivity index (χ1n) is 5.57. The first kappa shape index (κ1) is 12.1. The van der Waals surface area contributed by atoms with Crippen LogP contribution in [0.4, 0.5) is 5.82 Å². The van der Waals surface area contributed by atoms with Gasteiger partial charge >= 0.3 is 0 Å². The second-order valence-electron chi connectivity index (χ2n) is 4.09. The molecule has 6 heteroatoms. The summed E-state index contributed by atoms with van der Waals surface area (Å²) in [6.45, 7) is 4.15. The number of rotatable bonds is 3. The third kappa shape index (κ3) is 2.32. The summed E-state index contributed by atoms with van der Waals surface area (Å²) in [5.41, 5.74) is 8.75. The van der Waals surface area contributed by atoms with Crippen molar-refractivity contribution in [3.63, 3.8) is 0 Å². The van der Waals surface area contributed by atoms with E-state index in [1.54, 1.807) is 19.3 Å². The number of aromatic nitrogens is 3. The molecule has 6 nitrogen and oxygen atoms in total. The van der Waals surface area contributed by atoms with Gasteiger partial charge in [0.1, 0.15) is 5.56 Å². The van der Waals surface area contributed by atoms with Gasteiger partial charge in [-0.2, -0.15) is 5.10 Å². The zero-order valence-corrected chi connectivity index (χ0v) is 10.3. The number of pyridine rings is 1. The molecule has 94 valence electrons. The van der Waals surface area contributed by atoms with Crippen LogP contribution in [0.2, 0.25) is 0 Å². The van der Waals surface area contributed by atoms with Crippen LogP contribution in [0.25, 0.3) is 0 Å². The Balaban J connectivity index is 2.08. The summed E-state index contributed by atoms with van der Waals surface area (Å²) in [6, 6.07) is 1.90. The van der Waals surface area contributed by atoms with E-state index < -0.39 is 0 Å². The molecule has 0 aliphatic carbocycles. The van der Waals surface area contributed by atoms with Crippen molar-refractivity contribution in [2.75, 3.05) is 5.73 Å². The smallest absolute Gasteiger partial charge is 0.257 e. The maximum atomic E-state index is 12.0. The molecular weight excluding hydrogens is 230 g/mol. The van der Waals surface area contributed by atoms with Gasteiger partial charge < -0.3 is 11.1 Å². The van der Waals surface area contributed by atoms with E-state index in [9.17, 15) is 4.79 Å². The van der Waals surface area contributed by atoms with Gasteiger partial charge in [-0.25, -0.2) is 0 Å². The van der Waals surface area contributed by atoms with Crippen LogP contribution < -0.4 is 11.1 Å². The highest BCUT2D eigenvalue weighted by atomic mass is 16.1. The lowest BCUT2D eigenvalue weighted by Crippen LogP contribution is -2.24. The highest BCUT2D eigenvalue weighted by molar-refractivity contribution is 5.99. The Hall–Kier alpha value is -2.37. The average Bonchev–Trinajstić information content (AvgIpc) is 2.68. The molecule has 0 radical (unpaired) electrons. The Morgan fingerprint density at radius 3 is 2.89 bits per heavy atom. The van der Waals surface area contributed by atoms with Gasteiger partial charge in [0.2, 0.25) is 0 Å². The quantitative estimate of drug-likeness (QED) is 0.749. The van der Waals surface area contributed by atoms with Crippen molar-refractivity contribution in [3.05, 3.63) is 40.8 Å². The van der Waals surface area contributed by atoms with E-state index in [4.69, 9.17) is 5.73 Å². The molecule has 0 atom stereocenters. The first-order valence-corrected chi connectivity index (χ1v) is 5.57. The lowest BCUT2D eigenvalue weighted by atomic mass is 10.1. The minimum absolute atomic E-state index is 0.216. The number of nitrogen functional groups attached to an aromatic ring is 1. The summed E-state index contributed by atoms with van der Waals surface area (Å²) in [7, 11) is 0. The lowest BCUT2D eigenvalue weighted by molar-refractivity contribution is 0.0951. The maximum Gasteiger partial charge on any atom is 0.257 e. The fourth-order valence-electron chi connectivity index (χ4n) is 1.68. The molecule has 2 rings (SSSR count). The molecule has 0 aliphatic heterocycles. The Bertz CT molecular complexity index is 556. The van der Waals surface area contributed by atoms with Crippen molar-refractivity contribution in [1.82, 2.24) is 20.5 Å². The Morgan fingerprint density at radius 1 is 1.50 bits per heavy atom. The number of hydrogen-bond acceptors (Lipinski definition) is 4. The van der Waals surface area contributed by atoms with Crippen molar-refractivity contribution in [2.24, 2.45) is 0 Å². The highest BCUT2D eigenvalue weighted by Crippen LogP contribution is 2.12. The molecule has 0 aromatic carbocycles. The number of aryl methyl sites for hydroxylation is 2. The molecule has 0 spiro atoms. The average molecular weight is 245 g/mol. The number of nitrogens with zero attached hydrogens (tertiary/aromatic N) is 2. The van der Waals surface area contributed by atoms with Crippen LogP contribution in [-0.4, -0.2) is 21.1 Å². The third-order valence-electron chi connectivity index (χ3n) is 2.79. The monoisotopic (exact) mass is 245 g/mol. The second kappa shape index (κ2) is 4.87. The first-order chi connectivity index (χ1) is 8.59. The van der Waals surface area contributed by atoms with Crippen LogP contribution in [0, 0.1) is 13.8 Å². The minimum atomic E-state index is -0.234. The van der Waals surface area contributed by atoms with Gasteiger partial charge in [-0.3, -0.25) is 14.9 Å². The number of aromatic amines is 1. The van der Waals surface area contributed by atoms with E-state index in [1.807, 2.05) is 13.0 Å². The molecule has 0 fully saturated rings. The molecule has 0 saturated carbocycles. The van der Waals surface area contributed by atoms with Crippen LogP contribution in [0.3, 0.4) is 0 Å². The molecule has 18 heavy (non-hydrogen) atoms. The van der Waals surface area contributed by atoms with Gasteiger partial charge in [0.15, 0.2) is 5.82 Å². The summed E-state index contributed by atoms with van der Waals surface area (Å²) in [5, 5.41) is 9.27. The number of anilines is 1. The third-order valence-corrected chi connectivity index (χ3v) is 2.79. The van der Waals surface area contributed by atoms with Crippen molar-refractivity contribution in [1.29, 1.82) is 0 Å². The van der Waals surface area contributed by atoms with Gasteiger partial charge in [0.05, 0.1) is 0 Å². The van der Waals surface area contributed by atoms with Crippen molar-refractivity contribution < 1.29 is 4.79 Å². The Labute approximate surface area is 105 Å². The lowest BCUT2D eigenvalue weighted by Gasteiger charge is -2.07. The zero-order chi connectivity index (χ0) is 13.1. The molecule has 2 aromatic heterocycles. The SMILES string of the molecule is Cc1ccncc1CNC(=O)c1c(N)n[nH]c1C. The number of nitrogens with one attached hydrogen (secondary N) is 2. The van der Waals surface area contributed by atoms with E-state index in [1.165, 1.54) is 0 Å². The number of carbonyl (C=O) groups is 1. The standard InChI is InChI=1S/C12H15N5O/c1-7-3-4-14-5-9(7)6-15-12(18)10-8(2)16-17-11(10)13/h3-5H,6H2,1-2H3,(H,15,18)(H3,13,16,17). The van der Waals surface area contributed by atoms with E-state index in [-0.39, 0.29) is 11.7 Å². The normalized spacial score (nSPS) is 10.3. The number of amides is 1. The van der Waals surface area contributed by atoms with E-state index in [2.05, 4.69) is 20.5 Å². The van der Waals surface area contributed by atoms with Gasteiger partial charge in [-0.1, -0.05) is 0 Å². The fourth-order valence-corrected chi connectivity index (χ4v) is 1.68. The largest absolute Gasteiger partial charge is 0.382 e. The molecule has 0 bridgehead atoms. The molecule has 0 unspecified atom stereocenters. The van der Waals surface area contributed by atoms with Gasteiger partial charge in [0.25, 0.3) is 5.91 Å². The molecule has 1 amide bonds. The number of H-pyrrole nitrogens is 1. The van der Waals surface area contributed by atoms with E-state index in [0.717, 1.165) is 11.1 Å². The van der Waals surface area contributed by atoms with E-state index >= 15 is 0 Å². The topological polar surface area (TPSA) is 96.7 Å². The Kier molecular flexibility index (Phi) is 3.27. The van der Waals surface area contributed by atoms with Crippen LogP contribution in [0.5, 0.6) is 0 Å². The fraction of sp³-hybridized carbons (Fsp3) is 0.250. The summed E-state index contributed by atoms with van der Waals surface area (Å²) in [5.74, 6) is -0.0186. The predicted molar refractivity (Wildman–Crippen MR) is 67.9 cm³/mol. The number of hydrogen-bond donors (Lipinski definition) is 3. The number of nitrogens with two attached hydrogens (primary N) is 1. The van der Waals surface area contributed by atoms with Crippen molar-refractivity contribution >= 4 is 11.7 Å². The molecule has 2 heterocycles. The second-order valence-corrected chi connectivity index (χ2v) is 4.09. The van der Waals surface area contributed by atoms with Gasteiger partial charge in [0, 0.05) is 24.6 Å². The molecule has 0 aliphatic rings. The molecule has 2 aromatic rings. The van der Waals surface area contributed by atoms with Crippen molar-refractivity contribution in [3.8, 4) is 0 Å². The zero-order valence-electron chi connectivity index (χ0n) is 10.3. The summed E-state index contributed by atoms with van der Waals surface area (Å²) in [4.78, 5) is 16.0. The summed E-state index contributed by atoms with van der Waals surface area (Å²) in [6.07, 6.45) is 3.46. The molecule has 0 saturated heterocycles. The summed E-state index contributed by atoms with van der Waals surface area (Å²) >= 11 is 0. The van der Waals surface area contributed by atoms with Crippen LogP contribution in [-0.2, 0) is 6.54 Å². The van der Waals surface area contributed by atoms with Crippen LogP contribution in [0.1, 0.15) is 27.2 Å². The maximum absolute atomic E-state index is 12.0. The van der Waals surface area contributed by atoms with Crippen LogP contribution in [0.15, 0.2) is 18.5 Å². The summed E-state index contributed by atoms with van der Waals surface area (Å²) < 4.78 is 0. The Morgan fingerprint density at radius 2 is 2.28 bits per heavy atom. The van der Waals surface area contributed by atoms with Crippen molar-refractivity contribution in [2.45, 2.75) is 20.4 Å². The minimum Gasteiger partial charge on any atom is -0.382 e. The predicted octanol–water partition coefficient (Wildman–Crippen LogP) is 0.934. The number of carbonyl (C=O) groups excluding carboxylic acids is 1. The molecular formula is C12H15N5O. The van der Waals surface area contributed by atoms with Gasteiger partial charge in [-0.15, -0.1) is 0 Å². The molecule has 4 N–H and O–H groups in total. The highest BCUT2D eigenvalue weighted by Gasteiger charge is 2.15. The van der Waals surface area contributed by atoms with Crippen LogP contribution >= 0.6 is 0 Å². The van der Waals surface area contributed by atoms with E-state index in [0.29, 0.717) is 17.8 Å². The van der Waals surface area contributed by atoms with Gasteiger partial charge in [-0.05, 0) is 31.0 Å².